The lowest BCUT2D eigenvalue weighted by Gasteiger charge is -2.38. The highest BCUT2D eigenvalue weighted by molar-refractivity contribution is 9.11. The molecule has 2 rings (SSSR count). The highest BCUT2D eigenvalue weighted by atomic mass is 79.9. The van der Waals surface area contributed by atoms with Crippen LogP contribution >= 0.6 is 27.3 Å². The minimum atomic E-state index is 0.602. The molecule has 3 heteroatoms. The van der Waals surface area contributed by atoms with Gasteiger partial charge in [-0.1, -0.05) is 33.1 Å². The third-order valence-electron chi connectivity index (χ3n) is 4.93. The lowest BCUT2D eigenvalue weighted by atomic mass is 9.69. The summed E-state index contributed by atoms with van der Waals surface area (Å²) in [5.74, 6) is 0. The zero-order valence-corrected chi connectivity index (χ0v) is 16.2. The smallest absolute Gasteiger partial charge is 0.0730 e. The van der Waals surface area contributed by atoms with E-state index in [1.165, 1.54) is 67.3 Å². The molecule has 0 amide bonds. The summed E-state index contributed by atoms with van der Waals surface area (Å²) in [6.07, 6.45) is 11.2. The minimum Gasteiger partial charge on any atom is -0.315 e. The summed E-state index contributed by atoms with van der Waals surface area (Å²) < 4.78 is 1.32. The van der Waals surface area contributed by atoms with Gasteiger partial charge in [0.2, 0.25) is 0 Å². The quantitative estimate of drug-likeness (QED) is 0.611. The average Bonchev–Trinajstić information content (AvgIpc) is 2.77. The monoisotopic (exact) mass is 371 g/mol. The van der Waals surface area contributed by atoms with Gasteiger partial charge in [-0.2, -0.15) is 0 Å². The van der Waals surface area contributed by atoms with E-state index < -0.39 is 0 Å². The molecule has 0 atom stereocenters. The average molecular weight is 372 g/mol. The van der Waals surface area contributed by atoms with Gasteiger partial charge in [-0.05, 0) is 78.5 Å². The van der Waals surface area contributed by atoms with Crippen LogP contribution in [0.1, 0.15) is 69.2 Å². The van der Waals surface area contributed by atoms with Crippen LogP contribution in [0.3, 0.4) is 0 Å². The SMILES string of the molecule is Cc1cc(CCC2(CCNC(C)C)CCCCC2)sc1Br. The van der Waals surface area contributed by atoms with Gasteiger partial charge in [-0.25, -0.2) is 0 Å². The molecule has 1 aliphatic carbocycles. The van der Waals surface area contributed by atoms with Crippen LogP contribution in [0.15, 0.2) is 9.85 Å². The fraction of sp³-hybridized carbons (Fsp3) is 0.778. The molecule has 1 aromatic rings. The zero-order chi connectivity index (χ0) is 15.3. The fourth-order valence-electron chi connectivity index (χ4n) is 3.59. The van der Waals surface area contributed by atoms with Gasteiger partial charge in [0, 0.05) is 10.9 Å². The van der Waals surface area contributed by atoms with Crippen molar-refractivity contribution in [2.45, 2.75) is 78.2 Å². The van der Waals surface area contributed by atoms with Gasteiger partial charge in [0.15, 0.2) is 0 Å². The van der Waals surface area contributed by atoms with Crippen LogP contribution < -0.4 is 5.32 Å². The predicted molar refractivity (Wildman–Crippen MR) is 98.4 cm³/mol. The van der Waals surface area contributed by atoms with E-state index in [1.54, 1.807) is 4.88 Å². The second-order valence-corrected chi connectivity index (χ2v) is 9.54. The molecule has 0 aromatic carbocycles. The molecule has 120 valence electrons. The van der Waals surface area contributed by atoms with Gasteiger partial charge in [-0.3, -0.25) is 0 Å². The number of thiophene rings is 1. The maximum absolute atomic E-state index is 3.66. The Labute approximate surface area is 143 Å². The second-order valence-electron chi connectivity index (χ2n) is 7.09. The molecule has 0 radical (unpaired) electrons. The number of aryl methyl sites for hydroxylation is 2. The molecular weight excluding hydrogens is 342 g/mol. The highest BCUT2D eigenvalue weighted by Gasteiger charge is 2.31. The molecule has 1 saturated carbocycles. The summed E-state index contributed by atoms with van der Waals surface area (Å²) in [6, 6.07) is 2.99. The lowest BCUT2D eigenvalue weighted by molar-refractivity contribution is 0.156. The van der Waals surface area contributed by atoms with Crippen molar-refractivity contribution in [2.24, 2.45) is 5.41 Å². The van der Waals surface area contributed by atoms with Crippen LogP contribution in [-0.4, -0.2) is 12.6 Å². The topological polar surface area (TPSA) is 12.0 Å². The second kappa shape index (κ2) is 8.12. The fourth-order valence-corrected chi connectivity index (χ4v) is 5.22. The lowest BCUT2D eigenvalue weighted by Crippen LogP contribution is -2.32. The molecule has 1 fully saturated rings. The van der Waals surface area contributed by atoms with Gasteiger partial charge in [0.1, 0.15) is 0 Å². The Bertz CT molecular complexity index is 413. The molecule has 1 aliphatic rings. The summed E-state index contributed by atoms with van der Waals surface area (Å²) in [5, 5.41) is 3.62. The molecule has 0 spiro atoms. The van der Waals surface area contributed by atoms with Crippen molar-refractivity contribution in [3.05, 3.63) is 20.3 Å². The molecule has 0 aliphatic heterocycles. The highest BCUT2D eigenvalue weighted by Crippen LogP contribution is 2.43. The van der Waals surface area contributed by atoms with Crippen molar-refractivity contribution in [1.29, 1.82) is 0 Å². The van der Waals surface area contributed by atoms with Gasteiger partial charge < -0.3 is 5.32 Å². The van der Waals surface area contributed by atoms with Crippen LogP contribution in [0.5, 0.6) is 0 Å². The standard InChI is InChI=1S/C18H30BrNS/c1-14(2)20-12-11-18(8-5-4-6-9-18)10-7-16-13-15(3)17(19)21-16/h13-14,20H,4-12H2,1-3H3. The number of rotatable bonds is 7. The van der Waals surface area contributed by atoms with E-state index in [0.29, 0.717) is 11.5 Å². The van der Waals surface area contributed by atoms with E-state index in [1.807, 2.05) is 11.3 Å². The van der Waals surface area contributed by atoms with Crippen LogP contribution in [0.25, 0.3) is 0 Å². The minimum absolute atomic E-state index is 0.602. The van der Waals surface area contributed by atoms with Crippen LogP contribution in [0.2, 0.25) is 0 Å². The van der Waals surface area contributed by atoms with Gasteiger partial charge in [-0.15, -0.1) is 11.3 Å². The number of hydrogen-bond acceptors (Lipinski definition) is 2. The Morgan fingerprint density at radius 2 is 1.95 bits per heavy atom. The van der Waals surface area contributed by atoms with Gasteiger partial charge in [0.25, 0.3) is 0 Å². The summed E-state index contributed by atoms with van der Waals surface area (Å²) >= 11 is 5.59. The van der Waals surface area contributed by atoms with E-state index in [9.17, 15) is 0 Å². The zero-order valence-electron chi connectivity index (χ0n) is 13.8. The van der Waals surface area contributed by atoms with Crippen molar-refractivity contribution in [2.75, 3.05) is 6.54 Å². The van der Waals surface area contributed by atoms with Crippen molar-refractivity contribution in [3.8, 4) is 0 Å². The molecule has 1 heterocycles. The molecule has 0 saturated heterocycles. The number of nitrogens with one attached hydrogen (secondary N) is 1. The Hall–Kier alpha value is 0.140. The first-order valence-corrected chi connectivity index (χ1v) is 10.1. The van der Waals surface area contributed by atoms with E-state index >= 15 is 0 Å². The van der Waals surface area contributed by atoms with E-state index in [2.05, 4.69) is 48.1 Å². The maximum Gasteiger partial charge on any atom is 0.0730 e. The van der Waals surface area contributed by atoms with E-state index in [4.69, 9.17) is 0 Å². The molecule has 1 N–H and O–H groups in total. The first kappa shape index (κ1) is 17.5. The first-order chi connectivity index (χ1) is 10.0. The molecular formula is C18H30BrNS. The maximum atomic E-state index is 3.66. The first-order valence-electron chi connectivity index (χ1n) is 8.49. The van der Waals surface area contributed by atoms with Crippen molar-refractivity contribution in [3.63, 3.8) is 0 Å². The molecule has 1 aromatic heterocycles. The van der Waals surface area contributed by atoms with Crippen LogP contribution in [0.4, 0.5) is 0 Å². The largest absolute Gasteiger partial charge is 0.315 e. The van der Waals surface area contributed by atoms with Crippen molar-refractivity contribution < 1.29 is 0 Å². The van der Waals surface area contributed by atoms with Crippen molar-refractivity contribution >= 4 is 27.3 Å². The third-order valence-corrected chi connectivity index (χ3v) is 7.13. The Morgan fingerprint density at radius 3 is 2.52 bits per heavy atom. The Balaban J connectivity index is 1.92. The summed E-state index contributed by atoms with van der Waals surface area (Å²) in [6.45, 7) is 7.89. The van der Waals surface area contributed by atoms with Crippen LogP contribution in [0, 0.1) is 12.3 Å². The van der Waals surface area contributed by atoms with Crippen LogP contribution in [-0.2, 0) is 6.42 Å². The van der Waals surface area contributed by atoms with E-state index in [0.717, 1.165) is 0 Å². The Morgan fingerprint density at radius 1 is 1.24 bits per heavy atom. The molecule has 1 nitrogen and oxygen atoms in total. The van der Waals surface area contributed by atoms with Gasteiger partial charge >= 0.3 is 0 Å². The van der Waals surface area contributed by atoms with Crippen molar-refractivity contribution in [1.82, 2.24) is 5.32 Å². The predicted octanol–water partition coefficient (Wildman–Crippen LogP) is 6.09. The number of hydrogen-bond donors (Lipinski definition) is 1. The number of halogens is 1. The molecule has 21 heavy (non-hydrogen) atoms. The molecule has 0 unspecified atom stereocenters. The third kappa shape index (κ3) is 5.37. The molecule has 0 bridgehead atoms. The van der Waals surface area contributed by atoms with Gasteiger partial charge in [0.05, 0.1) is 3.79 Å². The summed E-state index contributed by atoms with van der Waals surface area (Å²) in [5.41, 5.74) is 2.00. The normalized spacial score (nSPS) is 18.3. The summed E-state index contributed by atoms with van der Waals surface area (Å²) in [7, 11) is 0. The Kier molecular flexibility index (Phi) is 6.77. The summed E-state index contributed by atoms with van der Waals surface area (Å²) in [4.78, 5) is 1.56. The van der Waals surface area contributed by atoms with E-state index in [-0.39, 0.29) is 0 Å².